The van der Waals surface area contributed by atoms with Crippen molar-refractivity contribution in [3.8, 4) is 0 Å². The second-order valence-electron chi connectivity index (χ2n) is 6.39. The van der Waals surface area contributed by atoms with E-state index in [4.69, 9.17) is 4.42 Å². The maximum Gasteiger partial charge on any atom is 0.313 e. The predicted molar refractivity (Wildman–Crippen MR) is 108 cm³/mol. The number of sulfone groups is 1. The average Bonchev–Trinajstić information content (AvgIpc) is 3.23. The number of anilines is 1. The van der Waals surface area contributed by atoms with E-state index in [1.807, 2.05) is 6.92 Å². The largest absolute Gasteiger partial charge is 0.468 e. The summed E-state index contributed by atoms with van der Waals surface area (Å²) in [6, 6.07) is 18.0. The van der Waals surface area contributed by atoms with E-state index in [0.29, 0.717) is 5.69 Å². The van der Waals surface area contributed by atoms with Crippen LogP contribution in [0.5, 0.6) is 0 Å². The van der Waals surface area contributed by atoms with Gasteiger partial charge in [0, 0.05) is 12.2 Å². The Morgan fingerprint density at radius 3 is 2.24 bits per heavy atom. The van der Waals surface area contributed by atoms with Crippen LogP contribution in [-0.2, 0) is 19.4 Å². The molecule has 2 N–H and O–H groups in total. The minimum absolute atomic E-state index is 0.104. The second kappa shape index (κ2) is 8.74. The monoisotopic (exact) mass is 412 g/mol. The van der Waals surface area contributed by atoms with E-state index in [2.05, 4.69) is 10.6 Å². The summed E-state index contributed by atoms with van der Waals surface area (Å²) in [5.41, 5.74) is 1.38. The molecular formula is C21H20N2O5S. The lowest BCUT2D eigenvalue weighted by Crippen LogP contribution is -2.39. The fraction of sp³-hybridized carbons (Fsp3) is 0.143. The van der Waals surface area contributed by atoms with Crippen LogP contribution in [0, 0.1) is 6.92 Å². The topological polar surface area (TPSA) is 105 Å². The molecule has 150 valence electrons. The van der Waals surface area contributed by atoms with Crippen LogP contribution in [0.25, 0.3) is 0 Å². The molecule has 0 aliphatic rings. The van der Waals surface area contributed by atoms with Crippen LogP contribution in [0.15, 0.2) is 82.3 Å². The second-order valence-corrected chi connectivity index (χ2v) is 8.52. The zero-order valence-electron chi connectivity index (χ0n) is 15.7. The lowest BCUT2D eigenvalue weighted by Gasteiger charge is -2.16. The normalized spacial score (nSPS) is 12.2. The van der Waals surface area contributed by atoms with Crippen molar-refractivity contribution in [2.24, 2.45) is 0 Å². The molecular weight excluding hydrogens is 392 g/mol. The molecule has 0 radical (unpaired) electrons. The molecule has 1 heterocycles. The van der Waals surface area contributed by atoms with E-state index in [0.717, 1.165) is 5.56 Å². The van der Waals surface area contributed by atoms with Gasteiger partial charge in [-0.3, -0.25) is 9.59 Å². The van der Waals surface area contributed by atoms with Crippen LogP contribution < -0.4 is 10.6 Å². The minimum Gasteiger partial charge on any atom is -0.468 e. The molecule has 0 saturated carbocycles. The number of carbonyl (C=O) groups excluding carboxylic acids is 2. The molecule has 0 spiro atoms. The van der Waals surface area contributed by atoms with Crippen LogP contribution >= 0.6 is 0 Å². The van der Waals surface area contributed by atoms with Crippen molar-refractivity contribution < 1.29 is 22.4 Å². The van der Waals surface area contributed by atoms with Crippen LogP contribution in [0.3, 0.4) is 0 Å². The molecule has 0 fully saturated rings. The summed E-state index contributed by atoms with van der Waals surface area (Å²) in [5.74, 6) is -1.65. The summed E-state index contributed by atoms with van der Waals surface area (Å²) in [4.78, 5) is 24.4. The molecule has 1 atom stereocenters. The van der Waals surface area contributed by atoms with Gasteiger partial charge < -0.3 is 15.1 Å². The lowest BCUT2D eigenvalue weighted by molar-refractivity contribution is -0.136. The predicted octanol–water partition coefficient (Wildman–Crippen LogP) is 2.86. The van der Waals surface area contributed by atoms with E-state index >= 15 is 0 Å². The molecule has 0 aliphatic heterocycles. The van der Waals surface area contributed by atoms with Crippen LogP contribution in [0.4, 0.5) is 5.69 Å². The van der Waals surface area contributed by atoms with Crippen LogP contribution in [0.2, 0.25) is 0 Å². The fourth-order valence-corrected chi connectivity index (χ4v) is 4.29. The van der Waals surface area contributed by atoms with Gasteiger partial charge in [0.05, 0.1) is 11.2 Å². The molecule has 2 aromatic carbocycles. The molecule has 0 saturated heterocycles. The molecule has 0 unspecified atom stereocenters. The number of hydrogen-bond donors (Lipinski definition) is 2. The lowest BCUT2D eigenvalue weighted by atomic mass is 10.2. The molecule has 3 rings (SSSR count). The summed E-state index contributed by atoms with van der Waals surface area (Å²) in [7, 11) is -3.86. The number of furan rings is 1. The number of rotatable bonds is 6. The fourth-order valence-electron chi connectivity index (χ4n) is 2.70. The van der Waals surface area contributed by atoms with Gasteiger partial charge in [-0.1, -0.05) is 35.9 Å². The zero-order valence-corrected chi connectivity index (χ0v) is 16.5. The maximum atomic E-state index is 13.1. The van der Waals surface area contributed by atoms with E-state index in [1.165, 1.54) is 24.5 Å². The van der Waals surface area contributed by atoms with E-state index < -0.39 is 26.9 Å². The first kappa shape index (κ1) is 20.3. The highest BCUT2D eigenvalue weighted by Crippen LogP contribution is 2.29. The third-order valence-electron chi connectivity index (χ3n) is 4.27. The molecule has 29 heavy (non-hydrogen) atoms. The number of amides is 2. The smallest absolute Gasteiger partial charge is 0.313 e. The number of nitrogens with one attached hydrogen (secondary N) is 2. The van der Waals surface area contributed by atoms with Gasteiger partial charge in [0.2, 0.25) is 0 Å². The molecule has 1 aromatic heterocycles. The highest BCUT2D eigenvalue weighted by Gasteiger charge is 2.32. The van der Waals surface area contributed by atoms with E-state index in [9.17, 15) is 18.0 Å². The van der Waals surface area contributed by atoms with E-state index in [-0.39, 0.29) is 17.2 Å². The molecule has 0 aliphatic carbocycles. The molecule has 2 amide bonds. The van der Waals surface area contributed by atoms with Crippen LogP contribution in [0.1, 0.15) is 16.6 Å². The van der Waals surface area contributed by atoms with Crippen molar-refractivity contribution in [3.63, 3.8) is 0 Å². The first-order chi connectivity index (χ1) is 13.9. The van der Waals surface area contributed by atoms with Crippen LogP contribution in [-0.4, -0.2) is 26.8 Å². The summed E-state index contributed by atoms with van der Waals surface area (Å²) in [5, 5.41) is 3.67. The average molecular weight is 412 g/mol. The van der Waals surface area contributed by atoms with Gasteiger partial charge in [-0.05, 0) is 43.3 Å². The third kappa shape index (κ3) is 4.91. The Balaban J connectivity index is 1.76. The number of carbonyl (C=O) groups is 2. The standard InChI is InChI=1S/C21H20N2O5S/c1-15-9-11-17(12-10-15)29(26,27)19(18-8-5-13-28-18)14-22-20(24)21(25)23-16-6-3-2-4-7-16/h2-13,19H,14H2,1H3,(H,22,24)(H,23,25)/t19-/m1/s1. The highest BCUT2D eigenvalue weighted by molar-refractivity contribution is 7.91. The summed E-state index contributed by atoms with van der Waals surface area (Å²) in [6.07, 6.45) is 1.36. The molecule has 8 heteroatoms. The SMILES string of the molecule is Cc1ccc(S(=O)(=O)[C@H](CNC(=O)C(=O)Nc2ccccc2)c2ccco2)cc1. The van der Waals surface area contributed by atoms with Gasteiger partial charge >= 0.3 is 11.8 Å². The quantitative estimate of drug-likeness (QED) is 0.606. The molecule has 3 aromatic rings. The van der Waals surface area contributed by atoms with Crippen molar-refractivity contribution in [1.82, 2.24) is 5.32 Å². The van der Waals surface area contributed by atoms with Gasteiger partial charge in [0.1, 0.15) is 11.0 Å². The Bertz CT molecular complexity index is 1080. The van der Waals surface area contributed by atoms with Crippen molar-refractivity contribution in [1.29, 1.82) is 0 Å². The minimum atomic E-state index is -3.86. The van der Waals surface area contributed by atoms with Gasteiger partial charge in [0.15, 0.2) is 9.84 Å². The number of para-hydroxylation sites is 1. The Labute approximate surface area is 168 Å². The van der Waals surface area contributed by atoms with Crippen molar-refractivity contribution in [2.45, 2.75) is 17.1 Å². The summed E-state index contributed by atoms with van der Waals surface area (Å²) in [6.45, 7) is 1.54. The molecule has 0 bridgehead atoms. The third-order valence-corrected chi connectivity index (χ3v) is 6.35. The van der Waals surface area contributed by atoms with Gasteiger partial charge in [-0.15, -0.1) is 0 Å². The Morgan fingerprint density at radius 1 is 0.931 bits per heavy atom. The zero-order chi connectivity index (χ0) is 20.9. The Morgan fingerprint density at radius 2 is 1.62 bits per heavy atom. The summed E-state index contributed by atoms with van der Waals surface area (Å²) >= 11 is 0. The van der Waals surface area contributed by atoms with Crippen molar-refractivity contribution in [2.75, 3.05) is 11.9 Å². The highest BCUT2D eigenvalue weighted by atomic mass is 32.2. The van der Waals surface area contributed by atoms with Gasteiger partial charge in [0.25, 0.3) is 0 Å². The number of hydrogen-bond acceptors (Lipinski definition) is 5. The number of aryl methyl sites for hydroxylation is 1. The number of benzene rings is 2. The Kier molecular flexibility index (Phi) is 6.13. The van der Waals surface area contributed by atoms with Gasteiger partial charge in [-0.2, -0.15) is 0 Å². The molecule has 7 nitrogen and oxygen atoms in total. The maximum absolute atomic E-state index is 13.1. The van der Waals surface area contributed by atoms with Crippen molar-refractivity contribution >= 4 is 27.3 Å². The first-order valence-corrected chi connectivity index (χ1v) is 10.4. The van der Waals surface area contributed by atoms with Gasteiger partial charge in [-0.25, -0.2) is 8.42 Å². The Hall–Kier alpha value is -3.39. The summed E-state index contributed by atoms with van der Waals surface area (Å²) < 4.78 is 31.5. The van der Waals surface area contributed by atoms with Crippen molar-refractivity contribution in [3.05, 3.63) is 84.3 Å². The van der Waals surface area contributed by atoms with E-state index in [1.54, 1.807) is 48.5 Å². The first-order valence-electron chi connectivity index (χ1n) is 8.86.